The van der Waals surface area contributed by atoms with E-state index in [1.165, 1.54) is 11.8 Å². The van der Waals surface area contributed by atoms with Gasteiger partial charge < -0.3 is 35.4 Å². The molecule has 4 N–H and O–H groups in total. The van der Waals surface area contributed by atoms with Gasteiger partial charge in [0.25, 0.3) is 11.8 Å². The first-order valence-electron chi connectivity index (χ1n) is 18.1. The van der Waals surface area contributed by atoms with Crippen LogP contribution in [0.15, 0.2) is 42.1 Å². The molecule has 0 saturated carbocycles. The number of fused-ring (bicyclic) bond motifs is 1. The number of rotatable bonds is 16. The van der Waals surface area contributed by atoms with Gasteiger partial charge in [0.1, 0.15) is 12.1 Å². The topological polar surface area (TPSA) is 196 Å². The molecule has 296 valence electrons. The summed E-state index contributed by atoms with van der Waals surface area (Å²) in [4.78, 5) is 95.6. The molecule has 15 nitrogen and oxygen atoms in total. The third-order valence-electron chi connectivity index (χ3n) is 9.96. The molecule has 0 bridgehead atoms. The molecule has 4 atom stereocenters. The lowest BCUT2D eigenvalue weighted by atomic mass is 9.76. The summed E-state index contributed by atoms with van der Waals surface area (Å²) in [5.74, 6) is -5.41. The highest BCUT2D eigenvalue weighted by atomic mass is 16.7. The maximum atomic E-state index is 14.3. The predicted molar refractivity (Wildman–Crippen MR) is 201 cm³/mol. The number of hydrogen-bond acceptors (Lipinski definition) is 9. The fourth-order valence-corrected chi connectivity index (χ4v) is 6.74. The highest BCUT2D eigenvalue weighted by Crippen LogP contribution is 2.35. The Labute approximate surface area is 316 Å². The van der Waals surface area contributed by atoms with Crippen molar-refractivity contribution in [3.8, 4) is 0 Å². The molecule has 2 aromatic rings. The minimum Gasteiger partial charge on any atom is -0.480 e. The Morgan fingerprint density at radius 1 is 0.981 bits per heavy atom. The zero-order valence-corrected chi connectivity index (χ0v) is 33.2. The maximum Gasteiger partial charge on any atom is 0.333 e. The summed E-state index contributed by atoms with van der Waals surface area (Å²) in [5.41, 5.74) is 0.727. The average molecular weight is 753 g/mol. The Morgan fingerprint density at radius 3 is 2.11 bits per heavy atom. The van der Waals surface area contributed by atoms with Crippen LogP contribution in [0.1, 0.15) is 86.6 Å². The highest BCUT2D eigenvalue weighted by Gasteiger charge is 2.42. The minimum atomic E-state index is -1.49. The number of para-hydroxylation sites is 1. The summed E-state index contributed by atoms with van der Waals surface area (Å²) in [6.07, 6.45) is 2.56. The lowest BCUT2D eigenvalue weighted by Crippen LogP contribution is -2.61. The van der Waals surface area contributed by atoms with Crippen molar-refractivity contribution in [2.24, 2.45) is 18.4 Å². The third-order valence-corrected chi connectivity index (χ3v) is 9.96. The van der Waals surface area contributed by atoms with E-state index in [1.807, 2.05) is 90.5 Å². The van der Waals surface area contributed by atoms with E-state index in [4.69, 9.17) is 4.84 Å². The van der Waals surface area contributed by atoms with E-state index in [2.05, 4.69) is 16.0 Å². The number of hydrogen-bond donors (Lipinski definition) is 4. The Morgan fingerprint density at radius 2 is 1.57 bits per heavy atom. The molecule has 1 saturated heterocycles. The van der Waals surface area contributed by atoms with Crippen molar-refractivity contribution in [2.45, 2.75) is 111 Å². The molecule has 0 unspecified atom stereocenters. The summed E-state index contributed by atoms with van der Waals surface area (Å²) < 4.78 is 2.03. The van der Waals surface area contributed by atoms with Crippen molar-refractivity contribution in [2.75, 3.05) is 14.1 Å². The van der Waals surface area contributed by atoms with Crippen LogP contribution in [0, 0.1) is 11.3 Å². The molecule has 2 heterocycles. The van der Waals surface area contributed by atoms with E-state index in [9.17, 15) is 38.7 Å². The molecule has 3 rings (SSSR count). The summed E-state index contributed by atoms with van der Waals surface area (Å²) >= 11 is 0. The molecular weight excluding hydrogens is 696 g/mol. The lowest BCUT2D eigenvalue weighted by Gasteiger charge is -2.39. The van der Waals surface area contributed by atoms with Crippen molar-refractivity contribution < 1.29 is 43.5 Å². The number of imide groups is 1. The largest absolute Gasteiger partial charge is 0.480 e. The number of carbonyl (C=O) groups is 7. The van der Waals surface area contributed by atoms with Gasteiger partial charge in [-0.05, 0) is 43.4 Å². The van der Waals surface area contributed by atoms with Gasteiger partial charge in [0.2, 0.25) is 17.7 Å². The van der Waals surface area contributed by atoms with Gasteiger partial charge in [0.05, 0.1) is 18.5 Å². The second-order valence-corrected chi connectivity index (χ2v) is 15.9. The SMILES string of the molecule is CN[C@H](C(=O)N[C@H](C(=O)N(C)[C@H](/C=C(\C)C(=O)N[C@@H](CCC(=O)ON1C(=O)CCC1=O)C(=O)O)C(C)C)C(C)(C)C)C(C)(C)c1cn(C)c2ccccc12. The number of likely N-dealkylation sites (N-methyl/N-ethyl adjacent to an activating group) is 2. The van der Waals surface area contributed by atoms with E-state index in [1.54, 1.807) is 20.2 Å². The molecule has 0 aliphatic carbocycles. The Hall–Kier alpha value is -5.05. The number of hydroxylamine groups is 2. The predicted octanol–water partition coefficient (Wildman–Crippen LogP) is 2.96. The normalized spacial score (nSPS) is 16.2. The first kappa shape index (κ1) is 43.4. The van der Waals surface area contributed by atoms with Gasteiger partial charge in [-0.2, -0.15) is 0 Å². The molecule has 1 aromatic heterocycles. The molecular formula is C39H56N6O9. The summed E-state index contributed by atoms with van der Waals surface area (Å²) in [6, 6.07) is 4.17. The molecule has 0 radical (unpaired) electrons. The van der Waals surface area contributed by atoms with Gasteiger partial charge in [-0.3, -0.25) is 24.0 Å². The van der Waals surface area contributed by atoms with Crippen molar-refractivity contribution in [3.05, 3.63) is 47.7 Å². The van der Waals surface area contributed by atoms with E-state index in [0.29, 0.717) is 5.06 Å². The second kappa shape index (κ2) is 17.4. The molecule has 15 heteroatoms. The standard InChI is InChI=1S/C39H56N6O9/c1-22(2)28(20-23(3)34(49)41-26(37(52)53)16-19-31(48)54-45-29(46)17-18-30(45)47)44(11)36(51)33(38(4,5)6)42-35(50)32(40-9)39(7,8)25-21-43(10)27-15-13-12-14-24(25)27/h12-15,20-22,26,28,32-33,40H,16-19H2,1-11H3,(H,41,49)(H,42,50)(H,52,53)/b23-20+/t26-,28+,32+,33+/m0/s1. The van der Waals surface area contributed by atoms with Crippen molar-refractivity contribution >= 4 is 52.4 Å². The Kier molecular flexibility index (Phi) is 14.0. The quantitative estimate of drug-likeness (QED) is 0.146. The number of benzene rings is 1. The minimum absolute atomic E-state index is 0.0864. The van der Waals surface area contributed by atoms with Crippen LogP contribution in [-0.4, -0.2) is 99.4 Å². The maximum absolute atomic E-state index is 14.3. The van der Waals surface area contributed by atoms with Gasteiger partial charge in [0.15, 0.2) is 0 Å². The van der Waals surface area contributed by atoms with Crippen LogP contribution < -0.4 is 16.0 Å². The summed E-state index contributed by atoms with van der Waals surface area (Å²) in [6.45, 7) is 14.8. The molecule has 1 aliphatic rings. The van der Waals surface area contributed by atoms with Crippen LogP contribution >= 0.6 is 0 Å². The number of nitrogens with one attached hydrogen (secondary N) is 3. The van der Waals surface area contributed by atoms with Crippen LogP contribution in [0.2, 0.25) is 0 Å². The van der Waals surface area contributed by atoms with Crippen molar-refractivity contribution in [3.63, 3.8) is 0 Å². The van der Waals surface area contributed by atoms with Gasteiger partial charge in [-0.15, -0.1) is 5.06 Å². The average Bonchev–Trinajstić information content (AvgIpc) is 3.60. The number of carboxylic acids is 1. The van der Waals surface area contributed by atoms with E-state index in [0.717, 1.165) is 16.5 Å². The fraction of sp³-hybridized carbons (Fsp3) is 0.564. The zero-order valence-electron chi connectivity index (χ0n) is 33.2. The number of aliphatic carboxylic acids is 1. The number of nitrogens with zero attached hydrogens (tertiary/aromatic N) is 3. The highest BCUT2D eigenvalue weighted by molar-refractivity contribution is 6.01. The van der Waals surface area contributed by atoms with E-state index >= 15 is 0 Å². The number of aromatic nitrogens is 1. The molecule has 0 spiro atoms. The monoisotopic (exact) mass is 752 g/mol. The Balaban J connectivity index is 1.77. The van der Waals surface area contributed by atoms with Crippen molar-refractivity contribution in [1.82, 2.24) is 30.5 Å². The Bertz CT molecular complexity index is 1790. The molecule has 1 aliphatic heterocycles. The molecule has 54 heavy (non-hydrogen) atoms. The third kappa shape index (κ3) is 9.92. The smallest absolute Gasteiger partial charge is 0.333 e. The van der Waals surface area contributed by atoms with Crippen molar-refractivity contribution in [1.29, 1.82) is 0 Å². The van der Waals surface area contributed by atoms with E-state index in [-0.39, 0.29) is 42.6 Å². The molecule has 1 fully saturated rings. The van der Waals surface area contributed by atoms with E-state index < -0.39 is 71.1 Å². The second-order valence-electron chi connectivity index (χ2n) is 15.9. The zero-order chi connectivity index (χ0) is 40.9. The van der Waals surface area contributed by atoms with Crippen LogP contribution in [0.3, 0.4) is 0 Å². The number of carbonyl (C=O) groups excluding carboxylic acids is 6. The fourth-order valence-electron chi connectivity index (χ4n) is 6.74. The number of amides is 5. The van der Waals surface area contributed by atoms with Crippen LogP contribution in [-0.2, 0) is 50.9 Å². The summed E-state index contributed by atoms with van der Waals surface area (Å²) in [7, 11) is 5.27. The number of aryl methyl sites for hydroxylation is 1. The van der Waals surface area contributed by atoms with Gasteiger partial charge in [-0.25, -0.2) is 9.59 Å². The van der Waals surface area contributed by atoms with Crippen LogP contribution in [0.4, 0.5) is 0 Å². The number of carboxylic acid groups (broad SMARTS) is 1. The van der Waals surface area contributed by atoms with Gasteiger partial charge in [0, 0.05) is 55.0 Å². The van der Waals surface area contributed by atoms with Crippen LogP contribution in [0.25, 0.3) is 10.9 Å². The first-order chi connectivity index (χ1) is 25.0. The first-order valence-corrected chi connectivity index (χ1v) is 18.1. The van der Waals surface area contributed by atoms with Gasteiger partial charge in [-0.1, -0.05) is 72.7 Å². The molecule has 5 amide bonds. The van der Waals surface area contributed by atoms with Crippen LogP contribution in [0.5, 0.6) is 0 Å². The van der Waals surface area contributed by atoms with Gasteiger partial charge >= 0.3 is 11.9 Å². The molecule has 1 aromatic carbocycles. The lowest BCUT2D eigenvalue weighted by molar-refractivity contribution is -0.197. The summed E-state index contributed by atoms with van der Waals surface area (Å²) in [5, 5.41) is 19.8.